The number of allylic oxidation sites excluding steroid dienone is 10. The molecule has 0 radical (unpaired) electrons. The Kier molecular flexibility index (Phi) is 54.3. The molecule has 6 nitrogen and oxygen atoms in total. The fraction of sp³-hybridized carbons (Fsp3) is 0.790. The third-order valence-corrected chi connectivity index (χ3v) is 12.7. The van der Waals surface area contributed by atoms with Crippen LogP contribution in [0.2, 0.25) is 0 Å². The van der Waals surface area contributed by atoms with Crippen LogP contribution in [0.15, 0.2) is 60.8 Å². The minimum absolute atomic E-state index is 0.0817. The van der Waals surface area contributed by atoms with Gasteiger partial charge >= 0.3 is 17.9 Å². The van der Waals surface area contributed by atoms with E-state index in [1.54, 1.807) is 0 Å². The number of ether oxygens (including phenoxy) is 3. The third-order valence-electron chi connectivity index (χ3n) is 12.7. The molecule has 0 spiro atoms. The van der Waals surface area contributed by atoms with Crippen LogP contribution < -0.4 is 0 Å². The fourth-order valence-electron chi connectivity index (χ4n) is 8.27. The Bertz CT molecular complexity index is 1230. The maximum Gasteiger partial charge on any atom is 0.306 e. The standard InChI is InChI=1S/C62H110O6/c1-4-7-10-13-16-19-22-25-26-27-28-29-30-31-32-33-34-35-36-38-40-43-46-49-52-55-61(64)67-58-59(57-66-60(63)54-51-48-45-42-39-24-21-18-15-12-9-6-3)68-62(65)56-53-50-47-44-41-37-23-20-17-14-11-8-5-2/h11,14,18,20-23,25,27-28,59H,4-10,12-13,15-17,19,24,26,29-58H2,1-3H3/b14-11-,21-18-,23-20-,25-22-,28-27-. The van der Waals surface area contributed by atoms with Crippen molar-refractivity contribution in [2.24, 2.45) is 0 Å². The Morgan fingerprint density at radius 2 is 0.559 bits per heavy atom. The molecule has 1 atom stereocenters. The predicted octanol–water partition coefficient (Wildman–Crippen LogP) is 19.6. The lowest BCUT2D eigenvalue weighted by Crippen LogP contribution is -2.30. The zero-order valence-electron chi connectivity index (χ0n) is 45.1. The molecule has 68 heavy (non-hydrogen) atoms. The molecule has 0 saturated heterocycles. The molecule has 0 bridgehead atoms. The minimum Gasteiger partial charge on any atom is -0.462 e. The first-order valence-electron chi connectivity index (χ1n) is 29.3. The summed E-state index contributed by atoms with van der Waals surface area (Å²) in [6.07, 6.45) is 70.8. The number of unbranched alkanes of at least 4 members (excludes halogenated alkanes) is 32. The molecule has 0 aliphatic rings. The molecule has 394 valence electrons. The average Bonchev–Trinajstić information content (AvgIpc) is 3.34. The zero-order chi connectivity index (χ0) is 49.3. The topological polar surface area (TPSA) is 78.9 Å². The van der Waals surface area contributed by atoms with Crippen molar-refractivity contribution in [1.29, 1.82) is 0 Å². The van der Waals surface area contributed by atoms with Gasteiger partial charge in [-0.05, 0) is 103 Å². The third kappa shape index (κ3) is 54.1. The van der Waals surface area contributed by atoms with Crippen molar-refractivity contribution >= 4 is 17.9 Å². The van der Waals surface area contributed by atoms with Crippen molar-refractivity contribution < 1.29 is 28.6 Å². The normalized spacial score (nSPS) is 12.5. The first kappa shape index (κ1) is 65.1. The van der Waals surface area contributed by atoms with Crippen molar-refractivity contribution in [3.05, 3.63) is 60.8 Å². The lowest BCUT2D eigenvalue weighted by molar-refractivity contribution is -0.167. The van der Waals surface area contributed by atoms with E-state index in [1.165, 1.54) is 154 Å². The van der Waals surface area contributed by atoms with Crippen LogP contribution in [-0.2, 0) is 28.6 Å². The Balaban J connectivity index is 4.24. The van der Waals surface area contributed by atoms with E-state index in [1.807, 2.05) is 0 Å². The molecule has 0 aromatic carbocycles. The summed E-state index contributed by atoms with van der Waals surface area (Å²) < 4.78 is 16.8. The Labute approximate surface area is 421 Å². The molecule has 0 aromatic rings. The highest BCUT2D eigenvalue weighted by Gasteiger charge is 2.19. The van der Waals surface area contributed by atoms with Crippen molar-refractivity contribution in [2.75, 3.05) is 13.2 Å². The second-order valence-corrected chi connectivity index (χ2v) is 19.5. The van der Waals surface area contributed by atoms with Crippen molar-refractivity contribution in [2.45, 2.75) is 303 Å². The summed E-state index contributed by atoms with van der Waals surface area (Å²) in [5, 5.41) is 0. The van der Waals surface area contributed by atoms with Crippen LogP contribution in [-0.4, -0.2) is 37.2 Å². The van der Waals surface area contributed by atoms with E-state index in [4.69, 9.17) is 14.2 Å². The predicted molar refractivity (Wildman–Crippen MR) is 293 cm³/mol. The molecule has 0 amide bonds. The van der Waals surface area contributed by atoms with Crippen molar-refractivity contribution in [3.63, 3.8) is 0 Å². The molecule has 1 unspecified atom stereocenters. The van der Waals surface area contributed by atoms with E-state index >= 15 is 0 Å². The number of rotatable bonds is 53. The minimum atomic E-state index is -0.784. The summed E-state index contributed by atoms with van der Waals surface area (Å²) in [6, 6.07) is 0. The number of carbonyl (C=O) groups is 3. The molecule has 0 aliphatic heterocycles. The molecular formula is C62H110O6. The smallest absolute Gasteiger partial charge is 0.306 e. The van der Waals surface area contributed by atoms with Crippen LogP contribution in [0.1, 0.15) is 297 Å². The lowest BCUT2D eigenvalue weighted by atomic mass is 10.0. The van der Waals surface area contributed by atoms with E-state index < -0.39 is 6.10 Å². The highest BCUT2D eigenvalue weighted by atomic mass is 16.6. The van der Waals surface area contributed by atoms with Crippen LogP contribution in [0.5, 0.6) is 0 Å². The van der Waals surface area contributed by atoms with Gasteiger partial charge in [0.2, 0.25) is 0 Å². The van der Waals surface area contributed by atoms with E-state index in [-0.39, 0.29) is 31.1 Å². The van der Waals surface area contributed by atoms with Gasteiger partial charge in [-0.2, -0.15) is 0 Å². The van der Waals surface area contributed by atoms with Gasteiger partial charge in [-0.15, -0.1) is 0 Å². The number of esters is 3. The summed E-state index contributed by atoms with van der Waals surface area (Å²) in [5.41, 5.74) is 0. The van der Waals surface area contributed by atoms with Crippen LogP contribution in [0, 0.1) is 0 Å². The highest BCUT2D eigenvalue weighted by Crippen LogP contribution is 2.16. The first-order valence-corrected chi connectivity index (χ1v) is 29.3. The van der Waals surface area contributed by atoms with Gasteiger partial charge in [0.25, 0.3) is 0 Å². The molecule has 6 heteroatoms. The zero-order valence-corrected chi connectivity index (χ0v) is 45.1. The van der Waals surface area contributed by atoms with Crippen LogP contribution in [0.25, 0.3) is 0 Å². The lowest BCUT2D eigenvalue weighted by Gasteiger charge is -2.18. The van der Waals surface area contributed by atoms with Gasteiger partial charge in [0.05, 0.1) is 0 Å². The summed E-state index contributed by atoms with van der Waals surface area (Å²) in [6.45, 7) is 6.54. The van der Waals surface area contributed by atoms with Crippen LogP contribution in [0.4, 0.5) is 0 Å². The van der Waals surface area contributed by atoms with Gasteiger partial charge in [-0.25, -0.2) is 0 Å². The average molecular weight is 952 g/mol. The summed E-state index contributed by atoms with van der Waals surface area (Å²) in [7, 11) is 0. The monoisotopic (exact) mass is 951 g/mol. The van der Waals surface area contributed by atoms with Gasteiger partial charge in [-0.1, -0.05) is 236 Å². The van der Waals surface area contributed by atoms with E-state index in [2.05, 4.69) is 81.5 Å². The maximum absolute atomic E-state index is 12.8. The maximum atomic E-state index is 12.8. The van der Waals surface area contributed by atoms with Gasteiger partial charge in [-0.3, -0.25) is 14.4 Å². The largest absolute Gasteiger partial charge is 0.462 e. The summed E-state index contributed by atoms with van der Waals surface area (Å²) >= 11 is 0. The van der Waals surface area contributed by atoms with Gasteiger partial charge in [0.15, 0.2) is 6.10 Å². The Morgan fingerprint density at radius 3 is 0.912 bits per heavy atom. The SMILES string of the molecule is CCC/C=C\C/C=C\CCCCCCCC(=O)OC(COC(=O)CCCCCCC/C=C\CCCCC)COC(=O)CCCCCCCCCCCCCCC/C=C\C/C=C\CCCCCCC. The second-order valence-electron chi connectivity index (χ2n) is 19.5. The van der Waals surface area contributed by atoms with E-state index in [9.17, 15) is 14.4 Å². The van der Waals surface area contributed by atoms with Gasteiger partial charge < -0.3 is 14.2 Å². The van der Waals surface area contributed by atoms with Crippen molar-refractivity contribution in [1.82, 2.24) is 0 Å². The number of hydrogen-bond donors (Lipinski definition) is 0. The molecule has 0 aromatic heterocycles. The number of hydrogen-bond acceptors (Lipinski definition) is 6. The first-order chi connectivity index (χ1) is 33.5. The molecule has 0 rings (SSSR count). The second kappa shape index (κ2) is 56.7. The van der Waals surface area contributed by atoms with Crippen LogP contribution in [0.3, 0.4) is 0 Å². The van der Waals surface area contributed by atoms with Crippen molar-refractivity contribution in [3.8, 4) is 0 Å². The van der Waals surface area contributed by atoms with E-state index in [0.717, 1.165) is 103 Å². The van der Waals surface area contributed by atoms with E-state index in [0.29, 0.717) is 19.3 Å². The quantitative estimate of drug-likeness (QED) is 0.0262. The molecule has 0 saturated carbocycles. The number of carbonyl (C=O) groups excluding carboxylic acids is 3. The molecular weight excluding hydrogens is 841 g/mol. The highest BCUT2D eigenvalue weighted by molar-refractivity contribution is 5.71. The van der Waals surface area contributed by atoms with Gasteiger partial charge in [0.1, 0.15) is 13.2 Å². The molecule has 0 fully saturated rings. The fourth-order valence-corrected chi connectivity index (χ4v) is 8.27. The summed E-state index contributed by atoms with van der Waals surface area (Å²) in [4.78, 5) is 38.1. The molecule has 0 N–H and O–H groups in total. The molecule has 0 aliphatic carbocycles. The molecule has 0 heterocycles. The Morgan fingerprint density at radius 1 is 0.294 bits per heavy atom. The van der Waals surface area contributed by atoms with Crippen LogP contribution >= 0.6 is 0 Å². The van der Waals surface area contributed by atoms with Gasteiger partial charge in [0, 0.05) is 19.3 Å². The Hall–Kier alpha value is -2.89. The summed E-state index contributed by atoms with van der Waals surface area (Å²) in [5.74, 6) is -0.898.